The first kappa shape index (κ1) is 26.1. The highest BCUT2D eigenvalue weighted by atomic mass is 16.5. The van der Waals surface area contributed by atoms with Crippen LogP contribution in [-0.4, -0.2) is 21.4 Å². The number of carboxylic acid groups (broad SMARTS) is 1. The normalized spacial score (nSPS) is 11.3. The zero-order valence-electron chi connectivity index (χ0n) is 21.1. The maximum Gasteiger partial charge on any atom is 0.303 e. The van der Waals surface area contributed by atoms with Crippen LogP contribution < -0.4 is 10.5 Å². The predicted molar refractivity (Wildman–Crippen MR) is 139 cm³/mol. The highest BCUT2D eigenvalue weighted by Gasteiger charge is 2.19. The molecule has 6 nitrogen and oxygen atoms in total. The van der Waals surface area contributed by atoms with Crippen molar-refractivity contribution in [2.45, 2.75) is 66.0 Å². The van der Waals surface area contributed by atoms with Gasteiger partial charge in [0.2, 0.25) is 0 Å². The van der Waals surface area contributed by atoms with Gasteiger partial charge in [-0.05, 0) is 59.6 Å². The lowest BCUT2D eigenvalue weighted by Crippen LogP contribution is -2.06. The number of aromatic nitrogens is 1. The first-order valence-corrected chi connectivity index (χ1v) is 12.2. The van der Waals surface area contributed by atoms with Gasteiger partial charge < -0.3 is 20.1 Å². The van der Waals surface area contributed by atoms with Crippen molar-refractivity contribution in [3.05, 3.63) is 82.7 Å². The number of nitrogens with zero attached hydrogens (tertiary/aromatic N) is 1. The Labute approximate surface area is 207 Å². The SMILES string of the molecule is CC(C)Cc1ccc(COc2ccc(C(=O)c3cn(CCCC(=O)O)cc3C(C)C)cc2N)cc1. The molecule has 0 spiro atoms. The number of hydrogen-bond acceptors (Lipinski definition) is 4. The second-order valence-corrected chi connectivity index (χ2v) is 9.80. The summed E-state index contributed by atoms with van der Waals surface area (Å²) in [6.45, 7) is 9.43. The number of nitrogen functional groups attached to an aromatic ring is 1. The second-order valence-electron chi connectivity index (χ2n) is 9.80. The summed E-state index contributed by atoms with van der Waals surface area (Å²) in [6.07, 6.45) is 5.40. The first-order valence-electron chi connectivity index (χ1n) is 12.2. The molecule has 0 bridgehead atoms. The van der Waals surface area contributed by atoms with Crippen LogP contribution in [0, 0.1) is 5.92 Å². The average Bonchev–Trinajstić information content (AvgIpc) is 3.22. The summed E-state index contributed by atoms with van der Waals surface area (Å²) in [5.41, 5.74) is 11.1. The van der Waals surface area contributed by atoms with Crippen molar-refractivity contribution >= 4 is 17.4 Å². The van der Waals surface area contributed by atoms with Gasteiger partial charge in [0.1, 0.15) is 12.4 Å². The zero-order chi connectivity index (χ0) is 25.5. The van der Waals surface area contributed by atoms with E-state index in [1.54, 1.807) is 18.2 Å². The van der Waals surface area contributed by atoms with Crippen LogP contribution >= 0.6 is 0 Å². The Morgan fingerprint density at radius 2 is 1.69 bits per heavy atom. The molecule has 0 aliphatic rings. The quantitative estimate of drug-likeness (QED) is 0.244. The summed E-state index contributed by atoms with van der Waals surface area (Å²) in [4.78, 5) is 24.1. The molecule has 0 radical (unpaired) electrons. The molecule has 3 aromatic rings. The summed E-state index contributed by atoms with van der Waals surface area (Å²) in [7, 11) is 0. The van der Waals surface area contributed by atoms with Crippen molar-refractivity contribution in [3.63, 3.8) is 0 Å². The lowest BCUT2D eigenvalue weighted by atomic mass is 9.96. The molecule has 3 rings (SSSR count). The molecular formula is C29H36N2O4. The van der Waals surface area contributed by atoms with Crippen LogP contribution in [0.5, 0.6) is 5.75 Å². The highest BCUT2D eigenvalue weighted by Crippen LogP contribution is 2.28. The van der Waals surface area contributed by atoms with E-state index in [9.17, 15) is 9.59 Å². The largest absolute Gasteiger partial charge is 0.487 e. The number of rotatable bonds is 12. The number of carboxylic acids is 1. The predicted octanol–water partition coefficient (Wildman–Crippen LogP) is 6.07. The lowest BCUT2D eigenvalue weighted by Gasteiger charge is -2.12. The van der Waals surface area contributed by atoms with E-state index < -0.39 is 5.97 Å². The van der Waals surface area contributed by atoms with E-state index in [-0.39, 0.29) is 18.1 Å². The van der Waals surface area contributed by atoms with Crippen LogP contribution in [0.3, 0.4) is 0 Å². The van der Waals surface area contributed by atoms with Crippen molar-refractivity contribution in [1.29, 1.82) is 0 Å². The smallest absolute Gasteiger partial charge is 0.303 e. The van der Waals surface area contributed by atoms with Crippen LogP contribution in [0.2, 0.25) is 0 Å². The van der Waals surface area contributed by atoms with Crippen molar-refractivity contribution in [1.82, 2.24) is 4.57 Å². The molecule has 1 aromatic heterocycles. The number of ether oxygens (including phenoxy) is 1. The van der Waals surface area contributed by atoms with Crippen LogP contribution in [0.15, 0.2) is 54.9 Å². The highest BCUT2D eigenvalue weighted by molar-refractivity contribution is 6.10. The number of ketones is 1. The Balaban J connectivity index is 1.70. The topological polar surface area (TPSA) is 94.5 Å². The van der Waals surface area contributed by atoms with Crippen molar-refractivity contribution in [2.75, 3.05) is 5.73 Å². The van der Waals surface area contributed by atoms with Crippen LogP contribution in [0.25, 0.3) is 0 Å². The van der Waals surface area contributed by atoms with Gasteiger partial charge >= 0.3 is 5.97 Å². The molecule has 35 heavy (non-hydrogen) atoms. The van der Waals surface area contributed by atoms with E-state index in [1.165, 1.54) is 5.56 Å². The summed E-state index contributed by atoms with van der Waals surface area (Å²) in [5.74, 6) is 0.387. The van der Waals surface area contributed by atoms with E-state index >= 15 is 0 Å². The van der Waals surface area contributed by atoms with E-state index in [1.807, 2.05) is 30.8 Å². The van der Waals surface area contributed by atoms with Gasteiger partial charge in [-0.1, -0.05) is 52.0 Å². The Morgan fingerprint density at radius 1 is 1.00 bits per heavy atom. The molecule has 1 heterocycles. The van der Waals surface area contributed by atoms with Gasteiger partial charge in [-0.3, -0.25) is 9.59 Å². The molecule has 0 unspecified atom stereocenters. The molecule has 6 heteroatoms. The second kappa shape index (κ2) is 11.7. The van der Waals surface area contributed by atoms with E-state index in [0.29, 0.717) is 48.1 Å². The number of hydrogen-bond donors (Lipinski definition) is 2. The summed E-state index contributed by atoms with van der Waals surface area (Å²) in [5, 5.41) is 8.88. The molecule has 3 N–H and O–H groups in total. The van der Waals surface area contributed by atoms with Crippen LogP contribution in [0.4, 0.5) is 5.69 Å². The summed E-state index contributed by atoms with van der Waals surface area (Å²) in [6, 6.07) is 13.5. The zero-order valence-corrected chi connectivity index (χ0v) is 21.1. The molecule has 0 fully saturated rings. The van der Waals surface area contributed by atoms with Gasteiger partial charge in [0.15, 0.2) is 5.78 Å². The number of nitrogens with two attached hydrogens (primary N) is 1. The number of aliphatic carboxylic acids is 1. The first-order chi connectivity index (χ1) is 16.6. The fourth-order valence-electron chi connectivity index (χ4n) is 4.10. The molecular weight excluding hydrogens is 440 g/mol. The van der Waals surface area contributed by atoms with Crippen LogP contribution in [0.1, 0.15) is 79.1 Å². The van der Waals surface area contributed by atoms with Crippen LogP contribution in [-0.2, 0) is 24.4 Å². The molecule has 0 amide bonds. The minimum atomic E-state index is -0.821. The standard InChI is InChI=1S/C29H36N2O4/c1-19(2)14-21-7-9-22(10-8-21)18-35-27-12-11-23(15-26(27)30)29(34)25-17-31(13-5-6-28(32)33)16-24(25)20(3)4/h7-12,15-17,19-20H,5-6,13-14,18,30H2,1-4H3,(H,32,33). The maximum atomic E-state index is 13.3. The van der Waals surface area contributed by atoms with Gasteiger partial charge in [0.25, 0.3) is 0 Å². The van der Waals surface area contributed by atoms with Gasteiger partial charge in [-0.25, -0.2) is 0 Å². The fourth-order valence-corrected chi connectivity index (χ4v) is 4.10. The van der Waals surface area contributed by atoms with E-state index in [0.717, 1.165) is 17.5 Å². The number of carbonyl (C=O) groups excluding carboxylic acids is 1. The van der Waals surface area contributed by atoms with E-state index in [2.05, 4.69) is 38.1 Å². The van der Waals surface area contributed by atoms with Crippen molar-refractivity contribution in [3.8, 4) is 5.75 Å². The van der Waals surface area contributed by atoms with E-state index in [4.69, 9.17) is 15.6 Å². The summed E-state index contributed by atoms with van der Waals surface area (Å²) < 4.78 is 7.83. The van der Waals surface area contributed by atoms with Crippen molar-refractivity contribution in [2.24, 2.45) is 5.92 Å². The molecule has 2 aromatic carbocycles. The lowest BCUT2D eigenvalue weighted by molar-refractivity contribution is -0.137. The third-order valence-corrected chi connectivity index (χ3v) is 5.92. The Kier molecular flexibility index (Phi) is 8.74. The molecule has 186 valence electrons. The van der Waals surface area contributed by atoms with Gasteiger partial charge in [0.05, 0.1) is 5.69 Å². The van der Waals surface area contributed by atoms with Gasteiger partial charge in [-0.15, -0.1) is 0 Å². The monoisotopic (exact) mass is 476 g/mol. The molecule has 0 saturated heterocycles. The molecule has 0 aliphatic carbocycles. The average molecular weight is 477 g/mol. The summed E-state index contributed by atoms with van der Waals surface area (Å²) >= 11 is 0. The number of anilines is 1. The Bertz CT molecular complexity index is 1160. The number of benzene rings is 2. The number of aryl methyl sites for hydroxylation is 1. The molecule has 0 atom stereocenters. The number of carbonyl (C=O) groups is 2. The van der Waals surface area contributed by atoms with Gasteiger partial charge in [-0.2, -0.15) is 0 Å². The minimum Gasteiger partial charge on any atom is -0.487 e. The fraction of sp³-hybridized carbons (Fsp3) is 0.379. The Hall–Kier alpha value is -3.54. The Morgan fingerprint density at radius 3 is 2.29 bits per heavy atom. The molecule has 0 saturated carbocycles. The molecule has 0 aliphatic heterocycles. The third-order valence-electron chi connectivity index (χ3n) is 5.92. The third kappa shape index (κ3) is 7.22. The maximum absolute atomic E-state index is 13.3. The minimum absolute atomic E-state index is 0.0958. The van der Waals surface area contributed by atoms with Crippen molar-refractivity contribution < 1.29 is 19.4 Å². The van der Waals surface area contributed by atoms with Gasteiger partial charge in [0, 0.05) is 36.5 Å².